The molecule has 11 heteroatoms. The van der Waals surface area contributed by atoms with E-state index in [4.69, 9.17) is 0 Å². The smallest absolute Gasteiger partial charge is 0.390 e. The van der Waals surface area contributed by atoms with Crippen LogP contribution in [-0.2, 0) is 13.0 Å². The summed E-state index contributed by atoms with van der Waals surface area (Å²) in [6, 6.07) is 2.80. The molecule has 0 aliphatic heterocycles. The molecule has 0 fully saturated rings. The second-order valence-electron chi connectivity index (χ2n) is 6.81. The molecule has 30 heavy (non-hydrogen) atoms. The zero-order valence-electron chi connectivity index (χ0n) is 17.0. The summed E-state index contributed by atoms with van der Waals surface area (Å²) in [5, 5.41) is 16.8. The number of hydrogen-bond acceptors (Lipinski definition) is 4. The summed E-state index contributed by atoms with van der Waals surface area (Å²) >= 11 is 0. The summed E-state index contributed by atoms with van der Waals surface area (Å²) in [6.45, 7) is 1.13. The summed E-state index contributed by atoms with van der Waals surface area (Å²) in [7, 11) is 4.98. The van der Waals surface area contributed by atoms with Crippen LogP contribution in [0.4, 0.5) is 23.4 Å². The number of aliphatic hydroxyl groups is 1. The Balaban J connectivity index is 2.51. The van der Waals surface area contributed by atoms with E-state index in [2.05, 4.69) is 15.4 Å². The van der Waals surface area contributed by atoms with Gasteiger partial charge in [-0.2, -0.15) is 18.3 Å². The van der Waals surface area contributed by atoms with Crippen LogP contribution in [0.15, 0.2) is 23.2 Å². The molecule has 1 heterocycles. The van der Waals surface area contributed by atoms with Crippen LogP contribution in [0, 0.1) is 5.82 Å². The van der Waals surface area contributed by atoms with Gasteiger partial charge in [0.25, 0.3) is 0 Å². The molecule has 0 saturated heterocycles. The predicted octanol–water partition coefficient (Wildman–Crippen LogP) is 3.00. The Morgan fingerprint density at radius 3 is 2.53 bits per heavy atom. The van der Waals surface area contributed by atoms with Crippen molar-refractivity contribution in [1.82, 2.24) is 14.7 Å². The first-order chi connectivity index (χ1) is 14.0. The minimum Gasteiger partial charge on any atom is -0.390 e. The summed E-state index contributed by atoms with van der Waals surface area (Å²) in [4.78, 5) is 17.4. The van der Waals surface area contributed by atoms with Crippen LogP contribution in [0.2, 0.25) is 0 Å². The van der Waals surface area contributed by atoms with Crippen molar-refractivity contribution < 1.29 is 27.5 Å². The highest BCUT2D eigenvalue weighted by atomic mass is 19.4. The number of aromatic nitrogens is 2. The van der Waals surface area contributed by atoms with E-state index in [1.807, 2.05) is 0 Å². The molecule has 0 radical (unpaired) electrons. The lowest BCUT2D eigenvalue weighted by atomic mass is 10.0. The fourth-order valence-electron chi connectivity index (χ4n) is 2.94. The van der Waals surface area contributed by atoms with E-state index in [0.29, 0.717) is 17.8 Å². The number of aldehydes is 1. The number of hydrogen-bond donors (Lipinski definition) is 2. The SMILES string of the molecule is CN=C(Nc1c(C=O)c(CO)nn1C(C)c1ccc(CC(F)(F)F)c(F)c1)N(C)C. The van der Waals surface area contributed by atoms with Crippen LogP contribution < -0.4 is 5.32 Å². The fourth-order valence-corrected chi connectivity index (χ4v) is 2.94. The molecule has 2 N–H and O–H groups in total. The molecule has 0 bridgehead atoms. The van der Waals surface area contributed by atoms with Crippen molar-refractivity contribution in [3.05, 3.63) is 46.4 Å². The minimum absolute atomic E-state index is 0.0986. The van der Waals surface area contributed by atoms with Gasteiger partial charge < -0.3 is 15.3 Å². The van der Waals surface area contributed by atoms with E-state index in [9.17, 15) is 27.5 Å². The summed E-state index contributed by atoms with van der Waals surface area (Å²) in [5.74, 6) is -0.376. The highest BCUT2D eigenvalue weighted by Gasteiger charge is 2.30. The van der Waals surface area contributed by atoms with Crippen LogP contribution in [0.3, 0.4) is 0 Å². The van der Waals surface area contributed by atoms with Crippen LogP contribution in [0.5, 0.6) is 0 Å². The first-order valence-corrected chi connectivity index (χ1v) is 8.96. The van der Waals surface area contributed by atoms with Crippen molar-refractivity contribution in [3.8, 4) is 0 Å². The molecule has 2 rings (SSSR count). The van der Waals surface area contributed by atoms with Gasteiger partial charge in [-0.3, -0.25) is 9.79 Å². The molecule has 1 atom stereocenters. The Kier molecular flexibility index (Phi) is 7.19. The number of benzene rings is 1. The number of carbonyl (C=O) groups excluding carboxylic acids is 1. The van der Waals surface area contributed by atoms with Crippen molar-refractivity contribution in [1.29, 1.82) is 0 Å². The number of aliphatic hydroxyl groups excluding tert-OH is 1. The zero-order valence-corrected chi connectivity index (χ0v) is 17.0. The molecule has 0 saturated carbocycles. The van der Waals surface area contributed by atoms with Crippen LogP contribution in [-0.4, -0.2) is 59.4 Å². The summed E-state index contributed by atoms with van der Waals surface area (Å²) in [6.07, 6.45) is -5.37. The molecule has 1 unspecified atom stereocenters. The van der Waals surface area contributed by atoms with Crippen LogP contribution >= 0.6 is 0 Å². The van der Waals surface area contributed by atoms with Crippen molar-refractivity contribution in [2.75, 3.05) is 26.5 Å². The first-order valence-electron chi connectivity index (χ1n) is 8.96. The molecule has 1 aromatic carbocycles. The van der Waals surface area contributed by atoms with Gasteiger partial charge >= 0.3 is 6.18 Å². The molecule has 1 aromatic heterocycles. The molecule has 0 spiro atoms. The second kappa shape index (κ2) is 9.24. The number of alkyl halides is 3. The van der Waals surface area contributed by atoms with E-state index < -0.39 is 36.6 Å². The average molecular weight is 429 g/mol. The largest absolute Gasteiger partial charge is 0.393 e. The van der Waals surface area contributed by atoms with Gasteiger partial charge in [0.1, 0.15) is 17.3 Å². The minimum atomic E-state index is -4.52. The fraction of sp³-hybridized carbons (Fsp3) is 0.421. The van der Waals surface area contributed by atoms with Gasteiger partial charge in [0, 0.05) is 21.1 Å². The number of carbonyl (C=O) groups is 1. The topological polar surface area (TPSA) is 82.7 Å². The van der Waals surface area contributed by atoms with Gasteiger partial charge in [-0.25, -0.2) is 9.07 Å². The van der Waals surface area contributed by atoms with Gasteiger partial charge in [-0.05, 0) is 24.1 Å². The van der Waals surface area contributed by atoms with E-state index in [1.54, 1.807) is 25.9 Å². The van der Waals surface area contributed by atoms with Crippen molar-refractivity contribution in [2.24, 2.45) is 4.99 Å². The highest BCUT2D eigenvalue weighted by molar-refractivity contribution is 5.97. The lowest BCUT2D eigenvalue weighted by Gasteiger charge is -2.21. The molecule has 2 aromatic rings. The van der Waals surface area contributed by atoms with E-state index in [1.165, 1.54) is 17.8 Å². The predicted molar refractivity (Wildman–Crippen MR) is 104 cm³/mol. The molecular weight excluding hydrogens is 406 g/mol. The second-order valence-corrected chi connectivity index (χ2v) is 6.81. The average Bonchev–Trinajstić information content (AvgIpc) is 3.03. The number of rotatable bonds is 6. The molecule has 7 nitrogen and oxygen atoms in total. The number of nitrogens with one attached hydrogen (secondary N) is 1. The molecule has 0 aliphatic carbocycles. The third kappa shape index (κ3) is 5.15. The maximum Gasteiger partial charge on any atom is 0.393 e. The van der Waals surface area contributed by atoms with Crippen molar-refractivity contribution in [2.45, 2.75) is 32.2 Å². The van der Waals surface area contributed by atoms with Crippen molar-refractivity contribution >= 4 is 18.1 Å². The Bertz CT molecular complexity index is 938. The molecular formula is C19H23F4N5O2. The quantitative estimate of drug-likeness (QED) is 0.319. The monoisotopic (exact) mass is 429 g/mol. The summed E-state index contributed by atoms with van der Waals surface area (Å²) < 4.78 is 53.4. The lowest BCUT2D eigenvalue weighted by molar-refractivity contribution is -0.127. The highest BCUT2D eigenvalue weighted by Crippen LogP contribution is 2.29. The third-order valence-electron chi connectivity index (χ3n) is 4.47. The molecule has 164 valence electrons. The van der Waals surface area contributed by atoms with Crippen LogP contribution in [0.25, 0.3) is 0 Å². The Morgan fingerprint density at radius 2 is 2.07 bits per heavy atom. The maximum atomic E-state index is 14.3. The zero-order chi connectivity index (χ0) is 22.6. The number of guanidine groups is 1. The van der Waals surface area contributed by atoms with E-state index in [-0.39, 0.29) is 17.1 Å². The molecule has 0 aliphatic rings. The normalized spacial score (nSPS) is 13.3. The number of halogens is 4. The van der Waals surface area contributed by atoms with E-state index >= 15 is 0 Å². The third-order valence-corrected chi connectivity index (χ3v) is 4.47. The lowest BCUT2D eigenvalue weighted by Crippen LogP contribution is -2.31. The Hall–Kier alpha value is -2.95. The molecule has 0 amide bonds. The Labute approximate surface area is 171 Å². The van der Waals surface area contributed by atoms with Gasteiger partial charge in [-0.1, -0.05) is 12.1 Å². The van der Waals surface area contributed by atoms with Gasteiger partial charge in [0.05, 0.1) is 24.6 Å². The number of aliphatic imine (C=N–C) groups is 1. The standard InChI is InChI=1S/C19H23F4N5O2/c1-11(12-5-6-13(15(20)7-12)8-19(21,22)23)28-17(25-18(24-2)27(3)4)14(9-29)16(10-30)26-28/h5-7,9,11,30H,8,10H2,1-4H3,(H,24,25). The van der Waals surface area contributed by atoms with E-state index in [0.717, 1.165) is 12.1 Å². The van der Waals surface area contributed by atoms with Crippen molar-refractivity contribution in [3.63, 3.8) is 0 Å². The number of nitrogens with zero attached hydrogens (tertiary/aromatic N) is 4. The van der Waals surface area contributed by atoms with Gasteiger partial charge in [0.15, 0.2) is 12.2 Å². The van der Waals surface area contributed by atoms with Crippen LogP contribution in [0.1, 0.15) is 40.1 Å². The van der Waals surface area contributed by atoms with Gasteiger partial charge in [-0.15, -0.1) is 0 Å². The Morgan fingerprint density at radius 1 is 1.40 bits per heavy atom. The van der Waals surface area contributed by atoms with Gasteiger partial charge in [0.2, 0.25) is 0 Å². The summed E-state index contributed by atoms with van der Waals surface area (Å²) in [5.41, 5.74) is 0.0740. The maximum absolute atomic E-state index is 14.3. The number of anilines is 1. The first kappa shape index (κ1) is 23.3.